The highest BCUT2D eigenvalue weighted by atomic mass is 32.1. The van der Waals surface area contributed by atoms with Crippen molar-refractivity contribution in [1.82, 2.24) is 4.57 Å². The molecule has 0 bridgehead atoms. The topological polar surface area (TPSA) is 87.0 Å². The molecule has 3 rings (SSSR count). The number of ether oxygens (including phenoxy) is 3. The molecule has 176 valence electrons. The van der Waals surface area contributed by atoms with E-state index in [-0.39, 0.29) is 30.6 Å². The Bertz CT molecular complexity index is 1060. The molecule has 1 aromatic carbocycles. The highest BCUT2D eigenvalue weighted by molar-refractivity contribution is 7.59. The number of nitrogens with zero attached hydrogens (tertiary/aromatic N) is 1. The minimum absolute atomic E-state index is 0. The molecular weight excluding hydrogens is 437 g/mol. The number of methoxy groups -OCH3 is 2. The van der Waals surface area contributed by atoms with Gasteiger partial charge in [-0.3, -0.25) is 4.79 Å². The number of benzene rings is 1. The Morgan fingerprint density at radius 2 is 1.91 bits per heavy atom. The summed E-state index contributed by atoms with van der Waals surface area (Å²) in [5, 5.41) is 9.39. The van der Waals surface area contributed by atoms with Crippen LogP contribution in [0.3, 0.4) is 0 Å². The smallest absolute Gasteiger partial charge is 0.341 e. The van der Waals surface area contributed by atoms with Crippen molar-refractivity contribution in [2.24, 2.45) is 5.41 Å². The molecule has 0 spiro atoms. The summed E-state index contributed by atoms with van der Waals surface area (Å²) in [6.45, 7) is 6.97. The number of aromatic nitrogens is 1. The van der Waals surface area contributed by atoms with Crippen LogP contribution in [0.4, 0.5) is 4.39 Å². The summed E-state index contributed by atoms with van der Waals surface area (Å²) >= 11 is 0. The van der Waals surface area contributed by atoms with Gasteiger partial charge in [0.05, 0.1) is 19.4 Å². The average molecular weight is 468 g/mol. The minimum atomic E-state index is -1.45. The number of fused-ring (bicyclic) bond motifs is 3. The monoisotopic (exact) mass is 467 g/mol. The van der Waals surface area contributed by atoms with Crippen LogP contribution < -0.4 is 14.9 Å². The van der Waals surface area contributed by atoms with Gasteiger partial charge in [0.25, 0.3) is 0 Å². The molecule has 1 aliphatic heterocycles. The molecule has 2 heterocycles. The van der Waals surface area contributed by atoms with Gasteiger partial charge in [-0.15, -0.1) is 0 Å². The number of rotatable bonds is 7. The van der Waals surface area contributed by atoms with E-state index in [9.17, 15) is 14.7 Å². The lowest BCUT2D eigenvalue weighted by Gasteiger charge is -2.39. The van der Waals surface area contributed by atoms with Gasteiger partial charge in [-0.25, -0.2) is 9.18 Å². The maximum atomic E-state index is 15.3. The molecule has 9 heteroatoms. The first-order valence-electron chi connectivity index (χ1n) is 10.1. The average Bonchev–Trinajstić information content (AvgIpc) is 2.71. The number of halogens is 1. The van der Waals surface area contributed by atoms with Gasteiger partial charge in [0.2, 0.25) is 5.43 Å². The van der Waals surface area contributed by atoms with Crippen LogP contribution >= 0.6 is 13.5 Å². The van der Waals surface area contributed by atoms with E-state index in [0.717, 1.165) is 5.56 Å². The summed E-state index contributed by atoms with van der Waals surface area (Å²) in [6.07, 6.45) is 2.47. The number of carbonyl (C=O) groups is 1. The van der Waals surface area contributed by atoms with E-state index in [2.05, 4.69) is 0 Å². The zero-order valence-electron chi connectivity index (χ0n) is 19.0. The maximum absolute atomic E-state index is 15.3. The molecule has 0 saturated heterocycles. The molecule has 1 atom stereocenters. The predicted octanol–water partition coefficient (Wildman–Crippen LogP) is 4.03. The van der Waals surface area contributed by atoms with Crippen molar-refractivity contribution >= 4 is 19.5 Å². The molecule has 2 aromatic rings. The molecule has 0 unspecified atom stereocenters. The first-order chi connectivity index (χ1) is 14.6. The van der Waals surface area contributed by atoms with Gasteiger partial charge in [-0.2, -0.15) is 13.5 Å². The fraction of sp³-hybridized carbons (Fsp3) is 0.478. The lowest BCUT2D eigenvalue weighted by molar-refractivity contribution is 0.0692. The third kappa shape index (κ3) is 4.78. The summed E-state index contributed by atoms with van der Waals surface area (Å²) < 4.78 is 33.2. The SMILES string of the molecule is COCCCOc1cc2c(cc1OC)-c1c(F)c(=O)c(C(=O)O)cn1[C@H](C(C)(C)C)C2.S. The summed E-state index contributed by atoms with van der Waals surface area (Å²) in [4.78, 5) is 24.0. The number of aromatic carboxylic acids is 1. The standard InChI is InChI=1S/C23H28FNO6.H2S/c1-23(2,3)18-10-13-9-17(31-8-6-7-29-4)16(30-5)11-14(13)20-19(24)21(26)15(22(27)28)12-25(18)20;/h9,11-12,18H,6-8,10H2,1-5H3,(H,27,28);1H2/t18-;/m0./s1. The lowest BCUT2D eigenvalue weighted by Crippen LogP contribution is -2.34. The largest absolute Gasteiger partial charge is 0.493 e. The second-order valence-corrected chi connectivity index (χ2v) is 8.69. The molecule has 0 radical (unpaired) electrons. The summed E-state index contributed by atoms with van der Waals surface area (Å²) in [5.41, 5.74) is -0.664. The summed E-state index contributed by atoms with van der Waals surface area (Å²) in [5.74, 6) is -1.59. The molecule has 1 aromatic heterocycles. The zero-order valence-corrected chi connectivity index (χ0v) is 20.0. The maximum Gasteiger partial charge on any atom is 0.341 e. The molecule has 0 aliphatic carbocycles. The highest BCUT2D eigenvalue weighted by Crippen LogP contribution is 2.46. The molecule has 7 nitrogen and oxygen atoms in total. The van der Waals surface area contributed by atoms with Crippen molar-refractivity contribution in [3.8, 4) is 22.8 Å². The second kappa shape index (κ2) is 9.95. The number of pyridine rings is 1. The number of carboxylic acids is 1. The lowest BCUT2D eigenvalue weighted by atomic mass is 9.78. The first kappa shape index (κ1) is 25.7. The second-order valence-electron chi connectivity index (χ2n) is 8.69. The fourth-order valence-corrected chi connectivity index (χ4v) is 3.94. The van der Waals surface area contributed by atoms with Gasteiger partial charge in [0.15, 0.2) is 17.3 Å². The quantitative estimate of drug-likeness (QED) is 0.619. The Labute approximate surface area is 193 Å². The van der Waals surface area contributed by atoms with E-state index < -0.39 is 22.8 Å². The van der Waals surface area contributed by atoms with Crippen LogP contribution in [0.1, 0.15) is 49.2 Å². The molecule has 1 N–H and O–H groups in total. The van der Waals surface area contributed by atoms with Crippen LogP contribution in [-0.4, -0.2) is 43.1 Å². The summed E-state index contributed by atoms with van der Waals surface area (Å²) in [7, 11) is 3.11. The van der Waals surface area contributed by atoms with Crippen LogP contribution in [-0.2, 0) is 11.2 Å². The van der Waals surface area contributed by atoms with Crippen LogP contribution in [0.15, 0.2) is 23.1 Å². The molecule has 32 heavy (non-hydrogen) atoms. The molecule has 0 amide bonds. The highest BCUT2D eigenvalue weighted by Gasteiger charge is 2.36. The van der Waals surface area contributed by atoms with Crippen LogP contribution in [0.2, 0.25) is 0 Å². The van der Waals surface area contributed by atoms with Gasteiger partial charge in [-0.1, -0.05) is 20.8 Å². The Kier molecular flexibility index (Phi) is 8.01. The van der Waals surface area contributed by atoms with Gasteiger partial charge in [-0.05, 0) is 29.5 Å². The van der Waals surface area contributed by atoms with E-state index in [1.807, 2.05) is 26.8 Å². The normalized spacial score (nSPS) is 14.8. The Balaban J connectivity index is 0.00000363. The number of carboxylic acid groups (broad SMARTS) is 1. The van der Waals surface area contributed by atoms with Gasteiger partial charge in [0.1, 0.15) is 5.56 Å². The van der Waals surface area contributed by atoms with E-state index >= 15 is 4.39 Å². The minimum Gasteiger partial charge on any atom is -0.493 e. The van der Waals surface area contributed by atoms with Crippen molar-refractivity contribution in [1.29, 1.82) is 0 Å². The van der Waals surface area contributed by atoms with Gasteiger partial charge < -0.3 is 23.9 Å². The van der Waals surface area contributed by atoms with E-state index in [1.165, 1.54) is 13.3 Å². The van der Waals surface area contributed by atoms with Crippen LogP contribution in [0.25, 0.3) is 11.3 Å². The Morgan fingerprint density at radius 1 is 1.22 bits per heavy atom. The number of hydrogen-bond donors (Lipinski definition) is 1. The Hall–Kier alpha value is -2.52. The third-order valence-corrected chi connectivity index (χ3v) is 5.55. The van der Waals surface area contributed by atoms with E-state index in [1.54, 1.807) is 17.7 Å². The molecule has 0 fully saturated rings. The van der Waals surface area contributed by atoms with Gasteiger partial charge in [0, 0.05) is 37.9 Å². The molecule has 1 aliphatic rings. The van der Waals surface area contributed by atoms with Crippen molar-refractivity contribution in [3.05, 3.63) is 45.5 Å². The molecule has 0 saturated carbocycles. The van der Waals surface area contributed by atoms with Crippen LogP contribution in [0.5, 0.6) is 11.5 Å². The van der Waals surface area contributed by atoms with Crippen molar-refractivity contribution < 1.29 is 28.5 Å². The Morgan fingerprint density at radius 3 is 2.47 bits per heavy atom. The fourth-order valence-electron chi connectivity index (χ4n) is 3.94. The zero-order chi connectivity index (χ0) is 22.9. The summed E-state index contributed by atoms with van der Waals surface area (Å²) in [6, 6.07) is 3.20. The van der Waals surface area contributed by atoms with Crippen LogP contribution in [0, 0.1) is 11.2 Å². The van der Waals surface area contributed by atoms with Crippen molar-refractivity contribution in [3.63, 3.8) is 0 Å². The van der Waals surface area contributed by atoms with Crippen molar-refractivity contribution in [2.75, 3.05) is 27.4 Å². The van der Waals surface area contributed by atoms with E-state index in [4.69, 9.17) is 14.2 Å². The third-order valence-electron chi connectivity index (χ3n) is 5.55. The van der Waals surface area contributed by atoms with Crippen molar-refractivity contribution in [2.45, 2.75) is 39.7 Å². The molecular formula is C23H30FNO6S. The number of hydrogen-bond acceptors (Lipinski definition) is 5. The first-order valence-corrected chi connectivity index (χ1v) is 10.1. The van der Waals surface area contributed by atoms with E-state index in [0.29, 0.717) is 43.1 Å². The predicted molar refractivity (Wildman–Crippen MR) is 124 cm³/mol. The van der Waals surface area contributed by atoms with Gasteiger partial charge >= 0.3 is 5.97 Å².